The molecule has 0 saturated carbocycles. The predicted octanol–water partition coefficient (Wildman–Crippen LogP) is 1.65. The number of hydrogen-bond acceptors (Lipinski definition) is 5. The summed E-state index contributed by atoms with van der Waals surface area (Å²) in [5, 5.41) is 9.75. The van der Waals surface area contributed by atoms with E-state index in [-0.39, 0.29) is 29.5 Å². The van der Waals surface area contributed by atoms with Gasteiger partial charge in [-0.1, -0.05) is 26.0 Å². The minimum atomic E-state index is -1.11. The lowest BCUT2D eigenvalue weighted by Gasteiger charge is -2.50. The summed E-state index contributed by atoms with van der Waals surface area (Å²) in [5.41, 5.74) is -1.11. The molecule has 0 aromatic rings. The number of allylic oxidation sites excluding steroid dienone is 1. The van der Waals surface area contributed by atoms with Crippen molar-refractivity contribution in [2.45, 2.75) is 45.5 Å². The van der Waals surface area contributed by atoms with Crippen LogP contribution in [-0.4, -0.2) is 29.1 Å². The topological polar surface area (TPSA) is 72.8 Å². The van der Waals surface area contributed by atoms with Gasteiger partial charge in [0.25, 0.3) is 0 Å². The van der Waals surface area contributed by atoms with Gasteiger partial charge in [-0.25, -0.2) is 9.78 Å². The first kappa shape index (κ1) is 15.4. The monoisotopic (exact) mass is 282 g/mol. The lowest BCUT2D eigenvalue weighted by molar-refractivity contribution is -0.463. The summed E-state index contributed by atoms with van der Waals surface area (Å²) in [6.45, 7) is 5.37. The van der Waals surface area contributed by atoms with Gasteiger partial charge in [0.1, 0.15) is 5.78 Å². The molecule has 2 rings (SSSR count). The molecule has 1 aliphatic heterocycles. The summed E-state index contributed by atoms with van der Waals surface area (Å²) >= 11 is 0. The number of aldehydes is 1. The van der Waals surface area contributed by atoms with E-state index in [0.717, 1.165) is 6.29 Å². The van der Waals surface area contributed by atoms with Gasteiger partial charge in [-0.3, -0.25) is 4.79 Å². The van der Waals surface area contributed by atoms with Crippen LogP contribution in [0.2, 0.25) is 0 Å². The summed E-state index contributed by atoms with van der Waals surface area (Å²) in [6, 6.07) is 0. The van der Waals surface area contributed by atoms with Crippen molar-refractivity contribution >= 4 is 12.1 Å². The van der Waals surface area contributed by atoms with Crippen molar-refractivity contribution in [3.63, 3.8) is 0 Å². The van der Waals surface area contributed by atoms with Crippen LogP contribution in [0.15, 0.2) is 12.2 Å². The molecule has 5 heteroatoms. The van der Waals surface area contributed by atoms with E-state index >= 15 is 0 Å². The van der Waals surface area contributed by atoms with E-state index in [4.69, 9.17) is 9.78 Å². The Morgan fingerprint density at radius 1 is 1.40 bits per heavy atom. The Morgan fingerprint density at radius 2 is 2.10 bits per heavy atom. The first-order valence-electron chi connectivity index (χ1n) is 7.09. The number of aliphatic hydroxyl groups is 1. The molecule has 0 spiro atoms. The van der Waals surface area contributed by atoms with Gasteiger partial charge in [0, 0.05) is 24.2 Å². The van der Waals surface area contributed by atoms with Gasteiger partial charge in [-0.05, 0) is 19.3 Å². The van der Waals surface area contributed by atoms with Crippen LogP contribution in [-0.2, 0) is 19.4 Å². The second kappa shape index (κ2) is 5.76. The lowest BCUT2D eigenvalue weighted by Crippen LogP contribution is -2.59. The van der Waals surface area contributed by atoms with E-state index in [1.165, 1.54) is 0 Å². The number of carbonyl (C=O) groups is 2. The lowest BCUT2D eigenvalue weighted by atomic mass is 9.62. The van der Waals surface area contributed by atoms with Gasteiger partial charge in [-0.2, -0.15) is 0 Å². The molecule has 1 N–H and O–H groups in total. The number of aliphatic hydroxyl groups excluding tert-OH is 1. The summed E-state index contributed by atoms with van der Waals surface area (Å²) in [4.78, 5) is 33.3. The number of rotatable bonds is 4. The van der Waals surface area contributed by atoms with Crippen molar-refractivity contribution < 1.29 is 24.5 Å². The molecular formula is C15H22O5. The molecule has 5 nitrogen and oxygen atoms in total. The third kappa shape index (κ3) is 2.45. The summed E-state index contributed by atoms with van der Waals surface area (Å²) in [7, 11) is 0. The number of hydrogen-bond donors (Lipinski definition) is 1. The molecule has 1 fully saturated rings. The Morgan fingerprint density at radius 3 is 2.70 bits per heavy atom. The van der Waals surface area contributed by atoms with Crippen molar-refractivity contribution in [2.75, 3.05) is 0 Å². The van der Waals surface area contributed by atoms with E-state index in [9.17, 15) is 14.7 Å². The fourth-order valence-electron chi connectivity index (χ4n) is 3.37. The fraction of sp³-hybridized carbons (Fsp3) is 0.733. The second-order valence-electron chi connectivity index (χ2n) is 6.02. The highest BCUT2D eigenvalue weighted by molar-refractivity contribution is 5.75. The highest BCUT2D eigenvalue weighted by Gasteiger charge is 2.56. The molecule has 0 aromatic carbocycles. The maximum absolute atomic E-state index is 11.8. The van der Waals surface area contributed by atoms with Gasteiger partial charge in [0.05, 0.1) is 0 Å². The van der Waals surface area contributed by atoms with Crippen LogP contribution in [0.5, 0.6) is 0 Å². The van der Waals surface area contributed by atoms with Crippen LogP contribution in [0.1, 0.15) is 33.6 Å². The van der Waals surface area contributed by atoms with Crippen molar-refractivity contribution in [1.82, 2.24) is 0 Å². The Balaban J connectivity index is 2.32. The summed E-state index contributed by atoms with van der Waals surface area (Å²) in [6.07, 6.45) is 4.69. The second-order valence-corrected chi connectivity index (χ2v) is 6.02. The van der Waals surface area contributed by atoms with Crippen molar-refractivity contribution in [3.8, 4) is 0 Å². The maximum Gasteiger partial charge on any atom is 0.191 e. The number of fused-ring (bicyclic) bond motifs is 1. The molecule has 112 valence electrons. The molecule has 5 unspecified atom stereocenters. The Hall–Kier alpha value is -1.04. The Kier molecular flexibility index (Phi) is 4.42. The van der Waals surface area contributed by atoms with E-state index in [2.05, 4.69) is 0 Å². The average molecular weight is 282 g/mol. The molecule has 1 heterocycles. The quantitative estimate of drug-likeness (QED) is 0.482. The molecule has 6 atom stereocenters. The van der Waals surface area contributed by atoms with Crippen LogP contribution in [0.4, 0.5) is 0 Å². The van der Waals surface area contributed by atoms with Gasteiger partial charge < -0.3 is 9.90 Å². The molecule has 20 heavy (non-hydrogen) atoms. The smallest absolute Gasteiger partial charge is 0.191 e. The maximum atomic E-state index is 11.8. The zero-order chi connectivity index (χ0) is 14.9. The number of Topliss-reactive ketones (excluding diaryl/α,β-unsaturated/α-hetero) is 1. The summed E-state index contributed by atoms with van der Waals surface area (Å²) in [5.74, 6) is -0.403. The predicted molar refractivity (Wildman–Crippen MR) is 71.3 cm³/mol. The Bertz CT molecular complexity index is 418. The van der Waals surface area contributed by atoms with Gasteiger partial charge >= 0.3 is 0 Å². The molecular weight excluding hydrogens is 260 g/mol. The minimum absolute atomic E-state index is 0.0918. The molecule has 0 radical (unpaired) electrons. The zero-order valence-corrected chi connectivity index (χ0v) is 12.1. The SMILES string of the molecule is CC(=O)CCC1C(C)C=CC2C(C)[C@H](O)OOC21C=O. The van der Waals surface area contributed by atoms with Crippen LogP contribution >= 0.6 is 0 Å². The van der Waals surface area contributed by atoms with Gasteiger partial charge in [0.15, 0.2) is 18.2 Å². The van der Waals surface area contributed by atoms with Crippen LogP contribution in [0.25, 0.3) is 0 Å². The molecule has 1 aliphatic carbocycles. The third-order valence-corrected chi connectivity index (χ3v) is 4.66. The van der Waals surface area contributed by atoms with E-state index in [1.807, 2.05) is 26.0 Å². The fourth-order valence-corrected chi connectivity index (χ4v) is 3.37. The van der Waals surface area contributed by atoms with E-state index < -0.39 is 11.9 Å². The van der Waals surface area contributed by atoms with E-state index in [0.29, 0.717) is 12.8 Å². The molecule has 0 amide bonds. The summed E-state index contributed by atoms with van der Waals surface area (Å²) < 4.78 is 0. The zero-order valence-electron chi connectivity index (χ0n) is 12.1. The molecule has 1 saturated heterocycles. The average Bonchev–Trinajstić information content (AvgIpc) is 2.41. The van der Waals surface area contributed by atoms with Crippen LogP contribution in [0, 0.1) is 23.7 Å². The van der Waals surface area contributed by atoms with Gasteiger partial charge in [0.2, 0.25) is 0 Å². The number of ketones is 1. The van der Waals surface area contributed by atoms with Crippen molar-refractivity contribution in [2.24, 2.45) is 23.7 Å². The van der Waals surface area contributed by atoms with Crippen molar-refractivity contribution in [3.05, 3.63) is 12.2 Å². The minimum Gasteiger partial charge on any atom is -0.365 e. The van der Waals surface area contributed by atoms with E-state index in [1.54, 1.807) is 6.92 Å². The standard InChI is InChI=1S/C15H22O5/c1-9-4-6-13-11(3)14(18)19-20-15(13,8-16)12(9)7-5-10(2)17/h4,6,8-9,11-14,18H,5,7H2,1-3H3/t9?,11?,12?,13?,14-,15?/m1/s1. The number of carbonyl (C=O) groups excluding carboxylic acids is 2. The third-order valence-electron chi connectivity index (χ3n) is 4.66. The normalized spacial score (nSPS) is 43.9. The van der Waals surface area contributed by atoms with Crippen molar-refractivity contribution in [1.29, 1.82) is 0 Å². The first-order chi connectivity index (χ1) is 9.42. The molecule has 0 aromatic heterocycles. The molecule has 0 bridgehead atoms. The molecule has 2 aliphatic rings. The first-order valence-corrected chi connectivity index (χ1v) is 7.09. The highest BCUT2D eigenvalue weighted by atomic mass is 17.2. The van der Waals surface area contributed by atoms with Crippen LogP contribution in [0.3, 0.4) is 0 Å². The largest absolute Gasteiger partial charge is 0.365 e. The van der Waals surface area contributed by atoms with Gasteiger partial charge in [-0.15, -0.1) is 0 Å². The Labute approximate surface area is 118 Å². The highest BCUT2D eigenvalue weighted by Crippen LogP contribution is 2.48. The van der Waals surface area contributed by atoms with Crippen LogP contribution < -0.4 is 0 Å².